The van der Waals surface area contributed by atoms with Crippen LogP contribution in [0.4, 0.5) is 11.4 Å². The number of anilines is 2. The summed E-state index contributed by atoms with van der Waals surface area (Å²) in [7, 11) is 2.10. The van der Waals surface area contributed by atoms with Crippen LogP contribution in [0, 0.1) is 0 Å². The van der Waals surface area contributed by atoms with Gasteiger partial charge in [-0.25, -0.2) is 0 Å². The van der Waals surface area contributed by atoms with Gasteiger partial charge in [-0.3, -0.25) is 4.98 Å². The molecule has 0 amide bonds. The highest BCUT2D eigenvalue weighted by Crippen LogP contribution is 2.32. The van der Waals surface area contributed by atoms with Crippen molar-refractivity contribution in [2.45, 2.75) is 26.2 Å². The summed E-state index contributed by atoms with van der Waals surface area (Å²) in [4.78, 5) is 6.63. The Morgan fingerprint density at radius 1 is 1.32 bits per heavy atom. The molecule has 0 aliphatic rings. The van der Waals surface area contributed by atoms with Crippen molar-refractivity contribution >= 4 is 38.2 Å². The normalized spacial score (nSPS) is 10.9. The molecular weight excluding hydrogens is 302 g/mol. The van der Waals surface area contributed by atoms with Gasteiger partial charge in [0.1, 0.15) is 0 Å². The van der Waals surface area contributed by atoms with Crippen LogP contribution in [0.15, 0.2) is 28.9 Å². The Balaban J connectivity index is 2.39. The number of nitrogens with zero attached hydrogens (tertiary/aromatic N) is 2. The molecule has 0 aliphatic heterocycles. The molecule has 102 valence electrons. The molecule has 2 N–H and O–H groups in total. The van der Waals surface area contributed by atoms with Crippen molar-refractivity contribution in [3.63, 3.8) is 0 Å². The molecule has 4 heteroatoms. The molecule has 0 fully saturated rings. The second kappa shape index (κ2) is 6.24. The first-order chi connectivity index (χ1) is 9.13. The van der Waals surface area contributed by atoms with Crippen LogP contribution >= 0.6 is 15.9 Å². The Morgan fingerprint density at radius 3 is 2.84 bits per heavy atom. The molecule has 0 saturated carbocycles. The SMILES string of the molecule is CCCCCN(C)c1c(N)cnc2ccc(Br)cc12. The highest BCUT2D eigenvalue weighted by molar-refractivity contribution is 9.10. The largest absolute Gasteiger partial charge is 0.396 e. The lowest BCUT2D eigenvalue weighted by molar-refractivity contribution is 0.706. The number of hydrogen-bond donors (Lipinski definition) is 1. The number of hydrogen-bond acceptors (Lipinski definition) is 3. The first-order valence-corrected chi connectivity index (χ1v) is 7.47. The van der Waals surface area contributed by atoms with Crippen molar-refractivity contribution in [3.8, 4) is 0 Å². The highest BCUT2D eigenvalue weighted by Gasteiger charge is 2.11. The molecule has 19 heavy (non-hydrogen) atoms. The fourth-order valence-corrected chi connectivity index (χ4v) is 2.66. The molecule has 3 nitrogen and oxygen atoms in total. The Hall–Kier alpha value is -1.29. The average Bonchev–Trinajstić information content (AvgIpc) is 2.38. The Kier molecular flexibility index (Phi) is 4.64. The van der Waals surface area contributed by atoms with E-state index in [1.54, 1.807) is 6.20 Å². The number of fused-ring (bicyclic) bond motifs is 1. The number of rotatable bonds is 5. The Labute approximate surface area is 122 Å². The van der Waals surface area contributed by atoms with Crippen LogP contribution in [-0.4, -0.2) is 18.6 Å². The van der Waals surface area contributed by atoms with Gasteiger partial charge < -0.3 is 10.6 Å². The van der Waals surface area contributed by atoms with Crippen LogP contribution in [0.3, 0.4) is 0 Å². The van der Waals surface area contributed by atoms with Gasteiger partial charge in [-0.2, -0.15) is 0 Å². The number of halogens is 1. The molecule has 0 spiro atoms. The summed E-state index contributed by atoms with van der Waals surface area (Å²) in [6.07, 6.45) is 5.41. The van der Waals surface area contributed by atoms with E-state index in [9.17, 15) is 0 Å². The Morgan fingerprint density at radius 2 is 2.11 bits per heavy atom. The second-order valence-electron chi connectivity index (χ2n) is 4.85. The van der Waals surface area contributed by atoms with Crippen LogP contribution in [0.25, 0.3) is 10.9 Å². The lowest BCUT2D eigenvalue weighted by Crippen LogP contribution is -2.20. The van der Waals surface area contributed by atoms with Gasteiger partial charge in [-0.15, -0.1) is 0 Å². The van der Waals surface area contributed by atoms with Gasteiger partial charge in [0.25, 0.3) is 0 Å². The zero-order valence-electron chi connectivity index (χ0n) is 11.5. The van der Waals surface area contributed by atoms with Crippen molar-refractivity contribution in [1.82, 2.24) is 4.98 Å². The summed E-state index contributed by atoms with van der Waals surface area (Å²) < 4.78 is 1.05. The molecule has 1 heterocycles. The Bertz CT molecular complexity index is 563. The monoisotopic (exact) mass is 321 g/mol. The molecule has 0 saturated heterocycles. The number of aromatic nitrogens is 1. The van der Waals surface area contributed by atoms with E-state index in [0.717, 1.165) is 33.3 Å². The minimum Gasteiger partial charge on any atom is -0.396 e. The summed E-state index contributed by atoms with van der Waals surface area (Å²) in [5, 5.41) is 1.10. The zero-order chi connectivity index (χ0) is 13.8. The van der Waals surface area contributed by atoms with Crippen LogP contribution in [0.1, 0.15) is 26.2 Å². The highest BCUT2D eigenvalue weighted by atomic mass is 79.9. The van der Waals surface area contributed by atoms with Gasteiger partial charge in [-0.05, 0) is 24.6 Å². The number of unbranched alkanes of at least 4 members (excludes halogenated alkanes) is 2. The van der Waals surface area contributed by atoms with Gasteiger partial charge in [0.15, 0.2) is 0 Å². The van der Waals surface area contributed by atoms with E-state index in [1.165, 1.54) is 19.3 Å². The second-order valence-corrected chi connectivity index (χ2v) is 5.77. The maximum atomic E-state index is 6.12. The van der Waals surface area contributed by atoms with E-state index < -0.39 is 0 Å². The van der Waals surface area contributed by atoms with Crippen LogP contribution < -0.4 is 10.6 Å². The minimum absolute atomic E-state index is 0.740. The van der Waals surface area contributed by atoms with Crippen molar-refractivity contribution < 1.29 is 0 Å². The molecule has 0 atom stereocenters. The summed E-state index contributed by atoms with van der Waals surface area (Å²) in [5.41, 5.74) is 8.93. The van der Waals surface area contributed by atoms with E-state index in [2.05, 4.69) is 45.9 Å². The summed E-state index contributed by atoms with van der Waals surface area (Å²) in [6.45, 7) is 3.23. The third kappa shape index (κ3) is 3.18. The number of nitrogen functional groups attached to an aromatic ring is 1. The molecule has 0 aliphatic carbocycles. The maximum absolute atomic E-state index is 6.12. The fraction of sp³-hybridized carbons (Fsp3) is 0.400. The first-order valence-electron chi connectivity index (χ1n) is 6.68. The van der Waals surface area contributed by atoms with Gasteiger partial charge in [0.2, 0.25) is 0 Å². The molecule has 1 aromatic carbocycles. The standard InChI is InChI=1S/C15H20BrN3/c1-3-4-5-8-19(2)15-12-9-11(16)6-7-14(12)18-10-13(15)17/h6-7,9-10H,3-5,8,17H2,1-2H3. The lowest BCUT2D eigenvalue weighted by Gasteiger charge is -2.22. The van der Waals surface area contributed by atoms with E-state index in [-0.39, 0.29) is 0 Å². The molecule has 2 aromatic rings. The van der Waals surface area contributed by atoms with Crippen LogP contribution in [-0.2, 0) is 0 Å². The number of benzene rings is 1. The minimum atomic E-state index is 0.740. The van der Waals surface area contributed by atoms with E-state index >= 15 is 0 Å². The van der Waals surface area contributed by atoms with E-state index in [4.69, 9.17) is 5.73 Å². The zero-order valence-corrected chi connectivity index (χ0v) is 13.1. The van der Waals surface area contributed by atoms with Crippen LogP contribution in [0.2, 0.25) is 0 Å². The van der Waals surface area contributed by atoms with Crippen molar-refractivity contribution in [2.75, 3.05) is 24.2 Å². The van der Waals surface area contributed by atoms with Crippen molar-refractivity contribution in [2.24, 2.45) is 0 Å². The maximum Gasteiger partial charge on any atom is 0.0745 e. The van der Waals surface area contributed by atoms with E-state index in [0.29, 0.717) is 0 Å². The van der Waals surface area contributed by atoms with Gasteiger partial charge in [0.05, 0.1) is 23.1 Å². The number of pyridine rings is 1. The van der Waals surface area contributed by atoms with Gasteiger partial charge >= 0.3 is 0 Å². The lowest BCUT2D eigenvalue weighted by atomic mass is 10.1. The predicted molar refractivity (Wildman–Crippen MR) is 86.7 cm³/mol. The molecular formula is C15H20BrN3. The summed E-state index contributed by atoms with van der Waals surface area (Å²) in [5.74, 6) is 0. The third-order valence-corrected chi connectivity index (χ3v) is 3.80. The fourth-order valence-electron chi connectivity index (χ4n) is 2.30. The van der Waals surface area contributed by atoms with Crippen LogP contribution in [0.5, 0.6) is 0 Å². The topological polar surface area (TPSA) is 42.1 Å². The third-order valence-electron chi connectivity index (χ3n) is 3.31. The molecule has 0 unspecified atom stereocenters. The average molecular weight is 322 g/mol. The molecule has 0 radical (unpaired) electrons. The number of nitrogens with two attached hydrogens (primary N) is 1. The van der Waals surface area contributed by atoms with E-state index in [1.807, 2.05) is 12.1 Å². The molecule has 1 aromatic heterocycles. The first kappa shape index (κ1) is 14.1. The quantitative estimate of drug-likeness (QED) is 0.839. The smallest absolute Gasteiger partial charge is 0.0745 e. The van der Waals surface area contributed by atoms with Crippen molar-refractivity contribution in [3.05, 3.63) is 28.9 Å². The van der Waals surface area contributed by atoms with Gasteiger partial charge in [-0.1, -0.05) is 35.7 Å². The summed E-state index contributed by atoms with van der Waals surface area (Å²) in [6, 6.07) is 6.11. The predicted octanol–water partition coefficient (Wildman–Crippen LogP) is 4.21. The van der Waals surface area contributed by atoms with Crippen molar-refractivity contribution in [1.29, 1.82) is 0 Å². The molecule has 2 rings (SSSR count). The molecule has 0 bridgehead atoms. The summed E-state index contributed by atoms with van der Waals surface area (Å²) >= 11 is 3.52. The van der Waals surface area contributed by atoms with Gasteiger partial charge in [0, 0.05) is 23.5 Å².